The fourth-order valence-corrected chi connectivity index (χ4v) is 5.78. The molecule has 33 heavy (non-hydrogen) atoms. The van der Waals surface area contributed by atoms with E-state index in [9.17, 15) is 4.79 Å². The Morgan fingerprint density at radius 1 is 1.12 bits per heavy atom. The lowest BCUT2D eigenvalue weighted by molar-refractivity contribution is -0.0123. The number of amides is 2. The van der Waals surface area contributed by atoms with Crippen LogP contribution in [0.1, 0.15) is 17.5 Å². The van der Waals surface area contributed by atoms with E-state index in [0.717, 1.165) is 66.8 Å². The molecule has 2 aromatic carbocycles. The summed E-state index contributed by atoms with van der Waals surface area (Å²) < 4.78 is 16.5. The Balaban J connectivity index is 1.25. The maximum Gasteiger partial charge on any atom is 0.319 e. The number of hydrogen-bond donors (Lipinski definition) is 2. The monoisotopic (exact) mass is 471 g/mol. The standard InChI is InChI=1S/C25H33N3O4S/c1-30-23-7-5-20(6-8-23)16-32-17-21-3-2-4-22(15-21)27-24(29)26-18-25(9-14-33-19-25)28-10-12-31-13-11-28/h2-8,15H,9-14,16-19H2,1H3,(H2,26,27,29). The summed E-state index contributed by atoms with van der Waals surface area (Å²) in [6.07, 6.45) is 1.10. The molecule has 7 nitrogen and oxygen atoms in total. The summed E-state index contributed by atoms with van der Waals surface area (Å²) >= 11 is 1.97. The maximum atomic E-state index is 12.6. The van der Waals surface area contributed by atoms with Crippen molar-refractivity contribution in [2.24, 2.45) is 0 Å². The van der Waals surface area contributed by atoms with Crippen molar-refractivity contribution in [2.45, 2.75) is 25.2 Å². The molecule has 0 aliphatic carbocycles. The van der Waals surface area contributed by atoms with E-state index in [1.165, 1.54) is 0 Å². The van der Waals surface area contributed by atoms with Crippen LogP contribution in [0.5, 0.6) is 5.75 Å². The molecule has 0 spiro atoms. The molecule has 178 valence electrons. The molecule has 0 saturated carbocycles. The van der Waals surface area contributed by atoms with Gasteiger partial charge in [0.2, 0.25) is 0 Å². The van der Waals surface area contributed by atoms with Gasteiger partial charge in [-0.15, -0.1) is 0 Å². The van der Waals surface area contributed by atoms with E-state index in [2.05, 4.69) is 15.5 Å². The SMILES string of the molecule is COc1ccc(COCc2cccc(NC(=O)NCC3(N4CCOCC4)CCSC3)c2)cc1. The van der Waals surface area contributed by atoms with Crippen molar-refractivity contribution in [3.8, 4) is 5.75 Å². The van der Waals surface area contributed by atoms with E-state index in [4.69, 9.17) is 14.2 Å². The van der Waals surface area contributed by atoms with E-state index in [1.807, 2.05) is 60.3 Å². The number of urea groups is 1. The molecular formula is C25H33N3O4S. The van der Waals surface area contributed by atoms with E-state index in [0.29, 0.717) is 19.8 Å². The van der Waals surface area contributed by atoms with E-state index < -0.39 is 0 Å². The second kappa shape index (κ2) is 11.7. The summed E-state index contributed by atoms with van der Waals surface area (Å²) in [4.78, 5) is 15.1. The largest absolute Gasteiger partial charge is 0.497 e. The van der Waals surface area contributed by atoms with Crippen LogP contribution < -0.4 is 15.4 Å². The number of ether oxygens (including phenoxy) is 3. The molecular weight excluding hydrogens is 438 g/mol. The lowest BCUT2D eigenvalue weighted by Gasteiger charge is -2.43. The van der Waals surface area contributed by atoms with Crippen LogP contribution in [0.15, 0.2) is 48.5 Å². The highest BCUT2D eigenvalue weighted by molar-refractivity contribution is 7.99. The number of rotatable bonds is 9. The average molecular weight is 472 g/mol. The minimum absolute atomic E-state index is 0.0307. The molecule has 2 amide bonds. The van der Waals surface area contributed by atoms with Crippen LogP contribution in [-0.4, -0.2) is 67.9 Å². The summed E-state index contributed by atoms with van der Waals surface area (Å²) in [5.74, 6) is 3.02. The average Bonchev–Trinajstić information content (AvgIpc) is 3.34. The Morgan fingerprint density at radius 2 is 1.91 bits per heavy atom. The number of carbonyl (C=O) groups is 1. The first-order valence-corrected chi connectivity index (χ1v) is 12.6. The van der Waals surface area contributed by atoms with E-state index in [1.54, 1.807) is 7.11 Å². The van der Waals surface area contributed by atoms with Crippen LogP contribution in [0.4, 0.5) is 10.5 Å². The highest BCUT2D eigenvalue weighted by Gasteiger charge is 2.40. The van der Waals surface area contributed by atoms with Gasteiger partial charge in [-0.3, -0.25) is 4.90 Å². The molecule has 2 saturated heterocycles. The Morgan fingerprint density at radius 3 is 2.64 bits per heavy atom. The number of benzene rings is 2. The number of carbonyl (C=O) groups excluding carboxylic acids is 1. The first kappa shape index (κ1) is 23.9. The zero-order chi connectivity index (χ0) is 22.9. The Hall–Kier alpha value is -2.26. The number of morpholine rings is 1. The number of thioether (sulfide) groups is 1. The summed E-state index contributed by atoms with van der Waals surface area (Å²) in [6, 6.07) is 15.5. The molecule has 2 aliphatic heterocycles. The van der Waals surface area contributed by atoms with Gasteiger partial charge in [-0.2, -0.15) is 11.8 Å². The van der Waals surface area contributed by atoms with Crippen molar-refractivity contribution in [3.05, 3.63) is 59.7 Å². The molecule has 1 unspecified atom stereocenters. The molecule has 2 N–H and O–H groups in total. The van der Waals surface area contributed by atoms with E-state index in [-0.39, 0.29) is 11.6 Å². The molecule has 0 aromatic heterocycles. The van der Waals surface area contributed by atoms with Gasteiger partial charge in [0.15, 0.2) is 0 Å². The predicted octanol–water partition coefficient (Wildman–Crippen LogP) is 3.74. The summed E-state index contributed by atoms with van der Waals surface area (Å²) in [5, 5.41) is 6.10. The van der Waals surface area contributed by atoms with Gasteiger partial charge in [-0.05, 0) is 47.6 Å². The fraction of sp³-hybridized carbons (Fsp3) is 0.480. The number of methoxy groups -OCH3 is 1. The topological polar surface area (TPSA) is 72.1 Å². The zero-order valence-corrected chi connectivity index (χ0v) is 20.0. The second-order valence-electron chi connectivity index (χ2n) is 8.48. The lowest BCUT2D eigenvalue weighted by Crippen LogP contribution is -2.59. The molecule has 8 heteroatoms. The smallest absolute Gasteiger partial charge is 0.319 e. The number of hydrogen-bond acceptors (Lipinski definition) is 6. The number of anilines is 1. The third-order valence-electron chi connectivity index (χ3n) is 6.22. The zero-order valence-electron chi connectivity index (χ0n) is 19.2. The number of nitrogens with zero attached hydrogens (tertiary/aromatic N) is 1. The normalized spacial score (nSPS) is 21.0. The van der Waals surface area contributed by atoms with Crippen LogP contribution in [0, 0.1) is 0 Å². The molecule has 0 radical (unpaired) electrons. The van der Waals surface area contributed by atoms with Crippen LogP contribution in [-0.2, 0) is 22.7 Å². The van der Waals surface area contributed by atoms with Crippen molar-refractivity contribution in [3.63, 3.8) is 0 Å². The van der Waals surface area contributed by atoms with Crippen LogP contribution in [0.25, 0.3) is 0 Å². The first-order chi connectivity index (χ1) is 16.2. The molecule has 4 rings (SSSR count). The minimum atomic E-state index is -0.171. The molecule has 2 heterocycles. The van der Waals surface area contributed by atoms with Crippen molar-refractivity contribution in [1.29, 1.82) is 0 Å². The highest BCUT2D eigenvalue weighted by Crippen LogP contribution is 2.33. The molecule has 2 fully saturated rings. The van der Waals surface area contributed by atoms with Crippen LogP contribution in [0.3, 0.4) is 0 Å². The highest BCUT2D eigenvalue weighted by atomic mass is 32.2. The Labute approximate surface area is 200 Å². The van der Waals surface area contributed by atoms with Gasteiger partial charge in [0.25, 0.3) is 0 Å². The third-order valence-corrected chi connectivity index (χ3v) is 7.46. The van der Waals surface area contributed by atoms with Gasteiger partial charge < -0.3 is 24.8 Å². The molecule has 0 bridgehead atoms. The van der Waals surface area contributed by atoms with Gasteiger partial charge >= 0.3 is 6.03 Å². The Kier molecular flexibility index (Phi) is 8.50. The lowest BCUT2D eigenvalue weighted by atomic mass is 9.95. The molecule has 2 aliphatic rings. The predicted molar refractivity (Wildman–Crippen MR) is 132 cm³/mol. The van der Waals surface area contributed by atoms with Crippen LogP contribution >= 0.6 is 11.8 Å². The van der Waals surface area contributed by atoms with Crippen molar-refractivity contribution in [1.82, 2.24) is 10.2 Å². The fourth-order valence-electron chi connectivity index (χ4n) is 4.30. The Bertz CT molecular complexity index is 897. The maximum absolute atomic E-state index is 12.6. The summed E-state index contributed by atoms with van der Waals surface area (Å²) in [7, 11) is 1.66. The third kappa shape index (κ3) is 6.63. The first-order valence-electron chi connectivity index (χ1n) is 11.4. The van der Waals surface area contributed by atoms with Crippen molar-refractivity contribution in [2.75, 3.05) is 56.8 Å². The summed E-state index contributed by atoms with van der Waals surface area (Å²) in [6.45, 7) is 5.05. The quantitative estimate of drug-likeness (QED) is 0.581. The van der Waals surface area contributed by atoms with Gasteiger partial charge in [-0.25, -0.2) is 4.79 Å². The van der Waals surface area contributed by atoms with Crippen LogP contribution in [0.2, 0.25) is 0 Å². The molecule has 2 aromatic rings. The molecule has 1 atom stereocenters. The van der Waals surface area contributed by atoms with Gasteiger partial charge in [-0.1, -0.05) is 24.3 Å². The second-order valence-corrected chi connectivity index (χ2v) is 9.58. The van der Waals surface area contributed by atoms with Gasteiger partial charge in [0.05, 0.1) is 33.5 Å². The van der Waals surface area contributed by atoms with Gasteiger partial charge in [0, 0.05) is 36.6 Å². The van der Waals surface area contributed by atoms with Gasteiger partial charge in [0.1, 0.15) is 5.75 Å². The van der Waals surface area contributed by atoms with E-state index >= 15 is 0 Å². The number of nitrogens with one attached hydrogen (secondary N) is 2. The summed E-state index contributed by atoms with van der Waals surface area (Å²) in [5.41, 5.74) is 2.89. The minimum Gasteiger partial charge on any atom is -0.497 e. The van der Waals surface area contributed by atoms with Crippen molar-refractivity contribution < 1.29 is 19.0 Å². The van der Waals surface area contributed by atoms with Crippen molar-refractivity contribution >= 4 is 23.5 Å².